The minimum absolute atomic E-state index is 0.0647. The number of aromatic nitrogens is 3. The van der Waals surface area contributed by atoms with Gasteiger partial charge in [-0.05, 0) is 62.8 Å². The second kappa shape index (κ2) is 7.33. The number of likely N-dealkylation sites (tertiary alicyclic amines) is 1. The molecule has 2 aromatic rings. The third-order valence-corrected chi connectivity index (χ3v) is 5.51. The summed E-state index contributed by atoms with van der Waals surface area (Å²) in [5.74, 6) is -0.592. The number of amides is 2. The average Bonchev–Trinajstić information content (AvgIpc) is 3.28. The molecular formula is C20H24FN5O2. The van der Waals surface area contributed by atoms with Crippen LogP contribution in [0.25, 0.3) is 5.69 Å². The number of halogens is 1. The zero-order valence-corrected chi connectivity index (χ0v) is 15.9. The smallest absolute Gasteiger partial charge is 0.257 e. The molecule has 1 aromatic heterocycles. The fourth-order valence-corrected chi connectivity index (χ4v) is 3.64. The number of nitrogens with one attached hydrogen (secondary N) is 1. The second-order valence-corrected chi connectivity index (χ2v) is 7.72. The lowest BCUT2D eigenvalue weighted by atomic mass is 10.1. The predicted octanol–water partition coefficient (Wildman–Crippen LogP) is 2.19. The number of carbonyl (C=O) groups excluding carboxylic acids is 2. The Kier molecular flexibility index (Phi) is 4.87. The van der Waals surface area contributed by atoms with Crippen molar-refractivity contribution in [3.63, 3.8) is 0 Å². The molecule has 1 saturated heterocycles. The molecule has 0 bridgehead atoms. The van der Waals surface area contributed by atoms with Crippen LogP contribution in [0.5, 0.6) is 0 Å². The van der Waals surface area contributed by atoms with Crippen LogP contribution >= 0.6 is 0 Å². The molecule has 0 radical (unpaired) electrons. The van der Waals surface area contributed by atoms with Crippen molar-refractivity contribution in [2.75, 3.05) is 13.1 Å². The SMILES string of the molecule is Cc1cc(-n2cncn2)ccc1C(=O)N1CCCCC(NC(=O)C2(F)CC2)C1. The van der Waals surface area contributed by atoms with Gasteiger partial charge in [-0.15, -0.1) is 0 Å². The molecule has 7 nitrogen and oxygen atoms in total. The van der Waals surface area contributed by atoms with Crippen molar-refractivity contribution in [2.45, 2.75) is 50.7 Å². The third-order valence-electron chi connectivity index (χ3n) is 5.51. The van der Waals surface area contributed by atoms with Crippen LogP contribution in [0.3, 0.4) is 0 Å². The molecule has 2 fully saturated rings. The Bertz CT molecular complexity index is 879. The summed E-state index contributed by atoms with van der Waals surface area (Å²) < 4.78 is 15.6. The predicted molar refractivity (Wildman–Crippen MR) is 101 cm³/mol. The molecule has 1 aromatic carbocycles. The van der Waals surface area contributed by atoms with E-state index in [9.17, 15) is 14.0 Å². The molecule has 1 atom stereocenters. The molecule has 148 valence electrons. The molecule has 1 N–H and O–H groups in total. The molecule has 1 unspecified atom stereocenters. The van der Waals surface area contributed by atoms with Gasteiger partial charge in [0.1, 0.15) is 12.7 Å². The van der Waals surface area contributed by atoms with E-state index in [1.807, 2.05) is 19.1 Å². The molecule has 1 aliphatic carbocycles. The first-order valence-corrected chi connectivity index (χ1v) is 9.71. The van der Waals surface area contributed by atoms with Crippen molar-refractivity contribution in [1.29, 1.82) is 0 Å². The van der Waals surface area contributed by atoms with E-state index in [1.165, 1.54) is 6.33 Å². The third kappa shape index (κ3) is 3.76. The van der Waals surface area contributed by atoms with Crippen molar-refractivity contribution in [3.8, 4) is 5.69 Å². The summed E-state index contributed by atoms with van der Waals surface area (Å²) in [6.45, 7) is 2.94. The highest BCUT2D eigenvalue weighted by molar-refractivity contribution is 5.96. The van der Waals surface area contributed by atoms with E-state index in [1.54, 1.807) is 22.0 Å². The van der Waals surface area contributed by atoms with Gasteiger partial charge in [0.15, 0.2) is 5.67 Å². The summed E-state index contributed by atoms with van der Waals surface area (Å²) in [4.78, 5) is 30.9. The number of carbonyl (C=O) groups is 2. The van der Waals surface area contributed by atoms with Gasteiger partial charge in [-0.1, -0.05) is 0 Å². The highest BCUT2D eigenvalue weighted by atomic mass is 19.1. The number of hydrogen-bond donors (Lipinski definition) is 1. The minimum Gasteiger partial charge on any atom is -0.349 e. The van der Waals surface area contributed by atoms with Gasteiger partial charge in [-0.2, -0.15) is 5.10 Å². The molecule has 0 spiro atoms. The number of aryl methyl sites for hydroxylation is 1. The molecule has 1 aliphatic heterocycles. The Labute approximate surface area is 162 Å². The second-order valence-electron chi connectivity index (χ2n) is 7.72. The monoisotopic (exact) mass is 385 g/mol. The van der Waals surface area contributed by atoms with Crippen LogP contribution in [-0.2, 0) is 4.79 Å². The largest absolute Gasteiger partial charge is 0.349 e. The summed E-state index contributed by atoms with van der Waals surface area (Å²) in [5, 5.41) is 6.92. The van der Waals surface area contributed by atoms with Crippen molar-refractivity contribution >= 4 is 11.8 Å². The van der Waals surface area contributed by atoms with Gasteiger partial charge in [0.25, 0.3) is 11.8 Å². The lowest BCUT2D eigenvalue weighted by molar-refractivity contribution is -0.128. The summed E-state index contributed by atoms with van der Waals surface area (Å²) >= 11 is 0. The van der Waals surface area contributed by atoms with E-state index in [2.05, 4.69) is 15.4 Å². The number of hydrogen-bond acceptors (Lipinski definition) is 4. The Balaban J connectivity index is 1.47. The molecule has 8 heteroatoms. The first-order valence-electron chi connectivity index (χ1n) is 9.71. The van der Waals surface area contributed by atoms with Gasteiger partial charge in [-0.3, -0.25) is 9.59 Å². The van der Waals surface area contributed by atoms with Crippen molar-refractivity contribution in [1.82, 2.24) is 25.0 Å². The van der Waals surface area contributed by atoms with Crippen molar-refractivity contribution in [3.05, 3.63) is 42.0 Å². The van der Waals surface area contributed by atoms with Gasteiger partial charge in [0.2, 0.25) is 0 Å². The van der Waals surface area contributed by atoms with Crippen LogP contribution in [0.1, 0.15) is 48.0 Å². The number of alkyl halides is 1. The Hall–Kier alpha value is -2.77. The van der Waals surface area contributed by atoms with Gasteiger partial charge in [-0.25, -0.2) is 14.1 Å². The van der Waals surface area contributed by atoms with Crippen LogP contribution in [-0.4, -0.2) is 56.3 Å². The first kappa shape index (κ1) is 18.6. The van der Waals surface area contributed by atoms with Crippen LogP contribution in [0.4, 0.5) is 4.39 Å². The topological polar surface area (TPSA) is 80.1 Å². The van der Waals surface area contributed by atoms with E-state index >= 15 is 0 Å². The van der Waals surface area contributed by atoms with Crippen LogP contribution in [0.15, 0.2) is 30.9 Å². The molecule has 28 heavy (non-hydrogen) atoms. The highest BCUT2D eigenvalue weighted by Gasteiger charge is 2.51. The highest BCUT2D eigenvalue weighted by Crippen LogP contribution is 2.40. The molecule has 2 heterocycles. The zero-order valence-electron chi connectivity index (χ0n) is 15.9. The number of benzene rings is 1. The maximum atomic E-state index is 14.0. The van der Waals surface area contributed by atoms with Crippen LogP contribution in [0.2, 0.25) is 0 Å². The number of rotatable bonds is 4. The summed E-state index contributed by atoms with van der Waals surface area (Å²) in [7, 11) is 0. The maximum Gasteiger partial charge on any atom is 0.257 e. The fourth-order valence-electron chi connectivity index (χ4n) is 3.64. The lowest BCUT2D eigenvalue weighted by Gasteiger charge is -2.26. The standard InChI is InChI=1S/C20H24FN5O2/c1-14-10-16(26-13-22-12-23-26)5-6-17(14)18(27)25-9-3-2-4-15(11-25)24-19(28)20(21)7-8-20/h5-6,10,12-13,15H,2-4,7-9,11H2,1H3,(H,24,28). The van der Waals surface area contributed by atoms with Gasteiger partial charge < -0.3 is 10.2 Å². The zero-order chi connectivity index (χ0) is 19.7. The van der Waals surface area contributed by atoms with E-state index in [0.717, 1.165) is 30.5 Å². The normalized spacial score (nSPS) is 21.1. The van der Waals surface area contributed by atoms with Gasteiger partial charge in [0, 0.05) is 24.7 Å². The molecule has 4 rings (SSSR count). The van der Waals surface area contributed by atoms with E-state index in [4.69, 9.17) is 0 Å². The Morgan fingerprint density at radius 3 is 2.79 bits per heavy atom. The van der Waals surface area contributed by atoms with Crippen molar-refractivity contribution < 1.29 is 14.0 Å². The van der Waals surface area contributed by atoms with Crippen molar-refractivity contribution in [2.24, 2.45) is 0 Å². The summed E-state index contributed by atoms with van der Waals surface area (Å²) in [6.07, 6.45) is 6.19. The molecule has 2 aliphatic rings. The van der Waals surface area contributed by atoms with Gasteiger partial charge in [0.05, 0.1) is 5.69 Å². The van der Waals surface area contributed by atoms with Crippen LogP contribution < -0.4 is 5.32 Å². The molecule has 1 saturated carbocycles. The van der Waals surface area contributed by atoms with Crippen LogP contribution in [0, 0.1) is 6.92 Å². The molecule has 2 amide bonds. The van der Waals surface area contributed by atoms with Gasteiger partial charge >= 0.3 is 0 Å². The molecular weight excluding hydrogens is 361 g/mol. The maximum absolute atomic E-state index is 14.0. The summed E-state index contributed by atoms with van der Waals surface area (Å²) in [5.41, 5.74) is 0.628. The van der Waals surface area contributed by atoms with E-state index < -0.39 is 11.6 Å². The average molecular weight is 385 g/mol. The lowest BCUT2D eigenvalue weighted by Crippen LogP contribution is -2.47. The number of nitrogens with zero attached hydrogens (tertiary/aromatic N) is 4. The van der Waals surface area contributed by atoms with E-state index in [-0.39, 0.29) is 11.9 Å². The summed E-state index contributed by atoms with van der Waals surface area (Å²) in [6, 6.07) is 5.33. The fraction of sp³-hybridized carbons (Fsp3) is 0.500. The quantitative estimate of drug-likeness (QED) is 0.875. The minimum atomic E-state index is -1.69. The Morgan fingerprint density at radius 1 is 1.29 bits per heavy atom. The Morgan fingerprint density at radius 2 is 2.11 bits per heavy atom. The van der Waals surface area contributed by atoms with E-state index in [0.29, 0.717) is 31.5 Å². The first-order chi connectivity index (χ1) is 13.5.